The van der Waals surface area contributed by atoms with Gasteiger partial charge in [0.05, 0.1) is 11.5 Å². The number of hydrogen-bond donors (Lipinski definition) is 2. The van der Waals surface area contributed by atoms with Crippen LogP contribution in [0.5, 0.6) is 0 Å². The third-order valence-corrected chi connectivity index (χ3v) is 6.78. The fourth-order valence-corrected chi connectivity index (χ4v) is 4.79. The van der Waals surface area contributed by atoms with Gasteiger partial charge in [-0.1, -0.05) is 12.1 Å². The normalized spacial score (nSPS) is 15.4. The number of nitro groups is 1. The molecular formula is C19H21N5O6S. The number of amides is 2. The van der Waals surface area contributed by atoms with Gasteiger partial charge >= 0.3 is 0 Å². The molecule has 0 saturated carbocycles. The maximum Gasteiger partial charge on any atom is 0.289 e. The summed E-state index contributed by atoms with van der Waals surface area (Å²) < 4.78 is 26.9. The molecule has 1 aliphatic rings. The van der Waals surface area contributed by atoms with E-state index < -0.39 is 26.5 Å². The van der Waals surface area contributed by atoms with Gasteiger partial charge in [0.25, 0.3) is 5.69 Å². The number of nitrogens with two attached hydrogens (primary N) is 1. The van der Waals surface area contributed by atoms with Crippen LogP contribution in [0.3, 0.4) is 0 Å². The predicted molar refractivity (Wildman–Crippen MR) is 112 cm³/mol. The Morgan fingerprint density at radius 2 is 1.65 bits per heavy atom. The standard InChI is InChI=1S/C19H21N5O6S/c20-19(26)14-5-7-15(8-6-14)21-18(25)13-22-9-11-23(12-10-22)31(29,30)17-4-2-1-3-16(17)24(27)28/h1-8H,9-13H2,(H2,20,26)(H,21,25). The second kappa shape index (κ2) is 9.20. The molecule has 0 unspecified atom stereocenters. The van der Waals surface area contributed by atoms with E-state index in [1.807, 2.05) is 0 Å². The number of sulfonamides is 1. The number of nitrogens with zero attached hydrogens (tertiary/aromatic N) is 3. The zero-order valence-electron chi connectivity index (χ0n) is 16.4. The van der Waals surface area contributed by atoms with E-state index in [9.17, 15) is 28.1 Å². The SMILES string of the molecule is NC(=O)c1ccc(NC(=O)CN2CCN(S(=O)(=O)c3ccccc3[N+](=O)[O-])CC2)cc1. The molecule has 164 valence electrons. The van der Waals surface area contributed by atoms with Gasteiger partial charge < -0.3 is 11.1 Å². The highest BCUT2D eigenvalue weighted by Gasteiger charge is 2.33. The van der Waals surface area contributed by atoms with Crippen LogP contribution in [0.25, 0.3) is 0 Å². The summed E-state index contributed by atoms with van der Waals surface area (Å²) in [6.07, 6.45) is 0. The fraction of sp³-hybridized carbons (Fsp3) is 0.263. The monoisotopic (exact) mass is 447 g/mol. The van der Waals surface area contributed by atoms with Crippen molar-refractivity contribution in [2.75, 3.05) is 38.0 Å². The number of para-hydroxylation sites is 1. The molecule has 1 fully saturated rings. The summed E-state index contributed by atoms with van der Waals surface area (Å²) in [6, 6.07) is 11.4. The second-order valence-corrected chi connectivity index (χ2v) is 8.80. The Morgan fingerprint density at radius 1 is 1.03 bits per heavy atom. The lowest BCUT2D eigenvalue weighted by atomic mass is 10.2. The van der Waals surface area contributed by atoms with Crippen molar-refractivity contribution >= 4 is 33.2 Å². The smallest absolute Gasteiger partial charge is 0.289 e. The minimum absolute atomic E-state index is 0.0525. The number of carbonyl (C=O) groups excluding carboxylic acids is 2. The first-order chi connectivity index (χ1) is 14.7. The number of hydrogen-bond acceptors (Lipinski definition) is 7. The second-order valence-electron chi connectivity index (χ2n) is 6.89. The Labute approximate surface area is 178 Å². The highest BCUT2D eigenvalue weighted by molar-refractivity contribution is 7.89. The van der Waals surface area contributed by atoms with Gasteiger partial charge in [-0.2, -0.15) is 4.31 Å². The average Bonchev–Trinajstić information content (AvgIpc) is 2.74. The Morgan fingerprint density at radius 3 is 2.23 bits per heavy atom. The quantitative estimate of drug-likeness (QED) is 0.466. The Balaban J connectivity index is 1.57. The Bertz CT molecular complexity index is 1100. The number of nitro benzene ring substituents is 1. The van der Waals surface area contributed by atoms with Crippen molar-refractivity contribution in [3.63, 3.8) is 0 Å². The number of benzene rings is 2. The van der Waals surface area contributed by atoms with Crippen LogP contribution in [0.15, 0.2) is 53.4 Å². The molecular weight excluding hydrogens is 426 g/mol. The predicted octanol–water partition coefficient (Wildman–Crippen LogP) is 0.639. The maximum atomic E-state index is 12.8. The summed E-state index contributed by atoms with van der Waals surface area (Å²) in [4.78, 5) is 35.3. The summed E-state index contributed by atoms with van der Waals surface area (Å²) in [5.41, 5.74) is 5.55. The van der Waals surface area contributed by atoms with Crippen LogP contribution in [0.2, 0.25) is 0 Å². The van der Waals surface area contributed by atoms with E-state index in [0.717, 1.165) is 6.07 Å². The van der Waals surface area contributed by atoms with Gasteiger partial charge in [0, 0.05) is 43.5 Å². The molecule has 1 saturated heterocycles. The number of nitrogens with one attached hydrogen (secondary N) is 1. The topological polar surface area (TPSA) is 156 Å². The first-order valence-electron chi connectivity index (χ1n) is 9.34. The van der Waals surface area contributed by atoms with Crippen LogP contribution in [0, 0.1) is 10.1 Å². The van der Waals surface area contributed by atoms with Crippen molar-refractivity contribution < 1.29 is 22.9 Å². The molecule has 3 N–H and O–H groups in total. The Hall–Kier alpha value is -3.35. The van der Waals surface area contributed by atoms with Gasteiger partial charge in [-0.05, 0) is 30.3 Å². The lowest BCUT2D eigenvalue weighted by Crippen LogP contribution is -2.50. The average molecular weight is 447 g/mol. The number of rotatable bonds is 7. The number of anilines is 1. The molecule has 2 aromatic rings. The largest absolute Gasteiger partial charge is 0.366 e. The van der Waals surface area contributed by atoms with Crippen molar-refractivity contribution in [1.82, 2.24) is 9.21 Å². The van der Waals surface area contributed by atoms with E-state index in [0.29, 0.717) is 24.3 Å². The molecule has 0 aliphatic carbocycles. The van der Waals surface area contributed by atoms with Crippen molar-refractivity contribution in [2.24, 2.45) is 5.73 Å². The van der Waals surface area contributed by atoms with E-state index in [1.54, 1.807) is 17.0 Å². The van der Waals surface area contributed by atoms with E-state index in [-0.39, 0.29) is 30.4 Å². The van der Waals surface area contributed by atoms with Crippen molar-refractivity contribution in [3.8, 4) is 0 Å². The number of piperazine rings is 1. The van der Waals surface area contributed by atoms with Crippen LogP contribution in [0.1, 0.15) is 10.4 Å². The molecule has 0 radical (unpaired) electrons. The summed E-state index contributed by atoms with van der Waals surface area (Å²) in [7, 11) is -4.02. The maximum absolute atomic E-state index is 12.8. The number of primary amides is 1. The molecule has 11 nitrogen and oxygen atoms in total. The minimum atomic E-state index is -4.02. The van der Waals surface area contributed by atoms with Gasteiger partial charge in [0.2, 0.25) is 21.8 Å². The molecule has 2 aromatic carbocycles. The molecule has 2 amide bonds. The van der Waals surface area contributed by atoms with E-state index in [1.165, 1.54) is 34.6 Å². The molecule has 0 spiro atoms. The van der Waals surface area contributed by atoms with E-state index in [4.69, 9.17) is 5.73 Å². The summed E-state index contributed by atoms with van der Waals surface area (Å²) in [5, 5.41) is 13.9. The highest BCUT2D eigenvalue weighted by atomic mass is 32.2. The summed E-state index contributed by atoms with van der Waals surface area (Å²) >= 11 is 0. The molecule has 0 aromatic heterocycles. The lowest BCUT2D eigenvalue weighted by Gasteiger charge is -2.33. The first-order valence-corrected chi connectivity index (χ1v) is 10.8. The summed E-state index contributed by atoms with van der Waals surface area (Å²) in [5.74, 6) is -0.853. The van der Waals surface area contributed by atoms with Crippen LogP contribution < -0.4 is 11.1 Å². The first kappa shape index (κ1) is 22.3. The zero-order chi connectivity index (χ0) is 22.6. The Kier molecular flexibility index (Phi) is 6.63. The van der Waals surface area contributed by atoms with Crippen LogP contribution >= 0.6 is 0 Å². The van der Waals surface area contributed by atoms with Crippen LogP contribution in [0.4, 0.5) is 11.4 Å². The molecule has 12 heteroatoms. The minimum Gasteiger partial charge on any atom is -0.366 e. The van der Waals surface area contributed by atoms with Crippen molar-refractivity contribution in [2.45, 2.75) is 4.90 Å². The van der Waals surface area contributed by atoms with Gasteiger partial charge in [-0.25, -0.2) is 8.42 Å². The third kappa shape index (κ3) is 5.23. The van der Waals surface area contributed by atoms with Gasteiger partial charge in [-0.15, -0.1) is 0 Å². The molecule has 1 heterocycles. The van der Waals surface area contributed by atoms with Crippen LogP contribution in [-0.4, -0.2) is 67.1 Å². The van der Waals surface area contributed by atoms with Crippen molar-refractivity contribution in [1.29, 1.82) is 0 Å². The van der Waals surface area contributed by atoms with Crippen LogP contribution in [-0.2, 0) is 14.8 Å². The third-order valence-electron chi connectivity index (χ3n) is 4.83. The highest BCUT2D eigenvalue weighted by Crippen LogP contribution is 2.26. The van der Waals surface area contributed by atoms with Crippen molar-refractivity contribution in [3.05, 3.63) is 64.2 Å². The molecule has 0 atom stereocenters. The molecule has 0 bridgehead atoms. The van der Waals surface area contributed by atoms with Gasteiger partial charge in [-0.3, -0.25) is 24.6 Å². The lowest BCUT2D eigenvalue weighted by molar-refractivity contribution is -0.387. The fourth-order valence-electron chi connectivity index (χ4n) is 3.21. The summed E-state index contributed by atoms with van der Waals surface area (Å²) in [6.45, 7) is 0.864. The zero-order valence-corrected chi connectivity index (χ0v) is 17.2. The van der Waals surface area contributed by atoms with Gasteiger partial charge in [0.15, 0.2) is 4.90 Å². The number of carbonyl (C=O) groups is 2. The van der Waals surface area contributed by atoms with E-state index in [2.05, 4.69) is 5.32 Å². The van der Waals surface area contributed by atoms with E-state index >= 15 is 0 Å². The molecule has 31 heavy (non-hydrogen) atoms. The van der Waals surface area contributed by atoms with Gasteiger partial charge in [0.1, 0.15) is 0 Å². The molecule has 1 aliphatic heterocycles. The molecule has 3 rings (SSSR count).